The fraction of sp³-hybridized carbons (Fsp3) is 0.429. The summed E-state index contributed by atoms with van der Waals surface area (Å²) in [6.45, 7) is 5.52. The van der Waals surface area contributed by atoms with E-state index in [0.717, 1.165) is 0 Å². The van der Waals surface area contributed by atoms with Crippen LogP contribution >= 0.6 is 12.2 Å². The molecule has 1 atom stereocenters. The number of benzene rings is 1. The van der Waals surface area contributed by atoms with Crippen molar-refractivity contribution in [2.45, 2.75) is 32.9 Å². The fourth-order valence-corrected chi connectivity index (χ4v) is 2.56. The normalized spacial score (nSPS) is 12.7. The number of carbonyl (C=O) groups is 1. The predicted octanol–water partition coefficient (Wildman–Crippen LogP) is 2.93. The molecule has 5 nitrogen and oxygen atoms in total. The summed E-state index contributed by atoms with van der Waals surface area (Å²) in [5.74, 6) is -0.514. The van der Waals surface area contributed by atoms with E-state index >= 15 is 0 Å². The summed E-state index contributed by atoms with van der Waals surface area (Å²) >= 11 is 5.25. The Hall–Kier alpha value is -1.89. The third-order valence-corrected chi connectivity index (χ3v) is 3.49. The van der Waals surface area contributed by atoms with Crippen LogP contribution in [0.5, 0.6) is 5.75 Å². The van der Waals surface area contributed by atoms with Gasteiger partial charge >= 0.3 is 0 Å². The summed E-state index contributed by atoms with van der Waals surface area (Å²) in [5.41, 5.74) is 1.16. The third kappa shape index (κ3) is 2.92. The second-order valence-electron chi connectivity index (χ2n) is 5.14. The van der Waals surface area contributed by atoms with Crippen LogP contribution in [0.2, 0.25) is 0 Å². The van der Waals surface area contributed by atoms with Gasteiger partial charge in [-0.1, -0.05) is 0 Å². The number of aromatic nitrogens is 2. The standard InChI is InChI=1S/C14H18FN3O2S/c1-7(2)16-13(19)8(3)18-11-6-12(20-4)9(15)5-10(11)17-14(18)21/h5-8H,1-4H3,(H,16,19)(H,17,21). The van der Waals surface area contributed by atoms with Crippen LogP contribution in [0, 0.1) is 10.6 Å². The maximum absolute atomic E-state index is 13.7. The number of aromatic amines is 1. The van der Waals surface area contributed by atoms with Crippen molar-refractivity contribution in [1.29, 1.82) is 0 Å². The van der Waals surface area contributed by atoms with Gasteiger partial charge in [-0.05, 0) is 33.0 Å². The highest BCUT2D eigenvalue weighted by Gasteiger charge is 2.20. The molecule has 1 aromatic heterocycles. The average Bonchev–Trinajstić information content (AvgIpc) is 2.70. The molecule has 2 aromatic rings. The first-order valence-corrected chi connectivity index (χ1v) is 7.04. The number of carbonyl (C=O) groups excluding carboxylic acids is 1. The van der Waals surface area contributed by atoms with E-state index in [-0.39, 0.29) is 17.7 Å². The first-order valence-electron chi connectivity index (χ1n) is 6.63. The van der Waals surface area contributed by atoms with Crippen molar-refractivity contribution in [2.75, 3.05) is 7.11 Å². The molecule has 0 saturated heterocycles. The summed E-state index contributed by atoms with van der Waals surface area (Å²) in [5, 5.41) is 2.84. The highest BCUT2D eigenvalue weighted by molar-refractivity contribution is 7.71. The molecule has 21 heavy (non-hydrogen) atoms. The van der Waals surface area contributed by atoms with Crippen molar-refractivity contribution in [1.82, 2.24) is 14.9 Å². The number of halogens is 1. The van der Waals surface area contributed by atoms with Gasteiger partial charge < -0.3 is 19.6 Å². The summed E-state index contributed by atoms with van der Waals surface area (Å²) in [4.78, 5) is 15.1. The summed E-state index contributed by atoms with van der Waals surface area (Å²) < 4.78 is 20.7. The van der Waals surface area contributed by atoms with Crippen molar-refractivity contribution in [2.24, 2.45) is 0 Å². The molecule has 7 heteroatoms. The Morgan fingerprint density at radius 1 is 1.43 bits per heavy atom. The zero-order chi connectivity index (χ0) is 15.7. The lowest BCUT2D eigenvalue weighted by atomic mass is 10.2. The molecule has 1 amide bonds. The van der Waals surface area contributed by atoms with E-state index in [1.807, 2.05) is 13.8 Å². The Labute approximate surface area is 127 Å². The molecule has 0 radical (unpaired) electrons. The van der Waals surface area contributed by atoms with E-state index in [1.54, 1.807) is 11.5 Å². The topological polar surface area (TPSA) is 59.0 Å². The maximum Gasteiger partial charge on any atom is 0.243 e. The van der Waals surface area contributed by atoms with Crippen LogP contribution in [-0.2, 0) is 4.79 Å². The van der Waals surface area contributed by atoms with Gasteiger partial charge in [0.1, 0.15) is 6.04 Å². The molecule has 1 unspecified atom stereocenters. The highest BCUT2D eigenvalue weighted by Crippen LogP contribution is 2.26. The molecule has 0 aliphatic carbocycles. The number of nitrogens with one attached hydrogen (secondary N) is 2. The molecule has 0 saturated carbocycles. The van der Waals surface area contributed by atoms with Gasteiger partial charge in [-0.25, -0.2) is 4.39 Å². The molecule has 2 rings (SSSR count). The Balaban J connectivity index is 2.55. The van der Waals surface area contributed by atoms with Gasteiger partial charge in [0.2, 0.25) is 5.91 Å². The number of amides is 1. The average molecular weight is 311 g/mol. The van der Waals surface area contributed by atoms with Crippen LogP contribution in [-0.4, -0.2) is 28.6 Å². The van der Waals surface area contributed by atoms with Crippen molar-refractivity contribution in [3.8, 4) is 5.75 Å². The Morgan fingerprint density at radius 2 is 2.10 bits per heavy atom. The molecule has 1 aromatic carbocycles. The SMILES string of the molecule is COc1cc2c(cc1F)[nH]c(=S)n2C(C)C(=O)NC(C)C. The van der Waals surface area contributed by atoms with E-state index in [9.17, 15) is 9.18 Å². The van der Waals surface area contributed by atoms with Crippen LogP contribution in [0.25, 0.3) is 11.0 Å². The smallest absolute Gasteiger partial charge is 0.243 e. The molecule has 0 aliphatic heterocycles. The minimum atomic E-state index is -0.510. The largest absolute Gasteiger partial charge is 0.494 e. The van der Waals surface area contributed by atoms with Crippen LogP contribution in [0.1, 0.15) is 26.8 Å². The number of fused-ring (bicyclic) bond motifs is 1. The molecule has 0 bridgehead atoms. The molecule has 0 aliphatic rings. The van der Waals surface area contributed by atoms with Crippen LogP contribution in [0.15, 0.2) is 12.1 Å². The summed E-state index contributed by atoms with van der Waals surface area (Å²) in [6.07, 6.45) is 0. The minimum Gasteiger partial charge on any atom is -0.494 e. The number of nitrogens with zero attached hydrogens (tertiary/aromatic N) is 1. The summed E-state index contributed by atoms with van der Waals surface area (Å²) in [6, 6.07) is 2.37. The number of imidazole rings is 1. The Morgan fingerprint density at radius 3 is 2.67 bits per heavy atom. The number of hydrogen-bond acceptors (Lipinski definition) is 3. The van der Waals surface area contributed by atoms with Gasteiger partial charge in [-0.15, -0.1) is 0 Å². The molecule has 1 heterocycles. The van der Waals surface area contributed by atoms with Gasteiger partial charge in [0.25, 0.3) is 0 Å². The molecular formula is C14H18FN3O2S. The quantitative estimate of drug-likeness (QED) is 0.854. The lowest BCUT2D eigenvalue weighted by molar-refractivity contribution is -0.124. The Kier molecular flexibility index (Phi) is 4.32. The molecule has 0 fully saturated rings. The van der Waals surface area contributed by atoms with Gasteiger partial charge in [0, 0.05) is 18.2 Å². The second kappa shape index (κ2) is 5.85. The van der Waals surface area contributed by atoms with Crippen molar-refractivity contribution >= 4 is 29.2 Å². The molecule has 0 spiro atoms. The summed E-state index contributed by atoms with van der Waals surface area (Å²) in [7, 11) is 1.39. The fourth-order valence-electron chi connectivity index (χ4n) is 2.19. The van der Waals surface area contributed by atoms with E-state index in [0.29, 0.717) is 15.8 Å². The highest BCUT2D eigenvalue weighted by atomic mass is 32.1. The number of methoxy groups -OCH3 is 1. The van der Waals surface area contributed by atoms with E-state index in [2.05, 4.69) is 10.3 Å². The van der Waals surface area contributed by atoms with Crippen molar-refractivity contribution in [3.05, 3.63) is 22.7 Å². The maximum atomic E-state index is 13.7. The second-order valence-corrected chi connectivity index (χ2v) is 5.53. The zero-order valence-electron chi connectivity index (χ0n) is 12.4. The zero-order valence-corrected chi connectivity index (χ0v) is 13.2. The van der Waals surface area contributed by atoms with Gasteiger partial charge in [-0.3, -0.25) is 4.79 Å². The predicted molar refractivity (Wildman–Crippen MR) is 81.6 cm³/mol. The van der Waals surface area contributed by atoms with Crippen molar-refractivity contribution < 1.29 is 13.9 Å². The van der Waals surface area contributed by atoms with E-state index in [1.165, 1.54) is 19.2 Å². The monoisotopic (exact) mass is 311 g/mol. The van der Waals surface area contributed by atoms with Gasteiger partial charge in [0.15, 0.2) is 16.3 Å². The molecule has 2 N–H and O–H groups in total. The lowest BCUT2D eigenvalue weighted by Crippen LogP contribution is -2.35. The number of hydrogen-bond donors (Lipinski definition) is 2. The van der Waals surface area contributed by atoms with E-state index in [4.69, 9.17) is 17.0 Å². The van der Waals surface area contributed by atoms with E-state index < -0.39 is 11.9 Å². The van der Waals surface area contributed by atoms with Gasteiger partial charge in [-0.2, -0.15) is 0 Å². The number of ether oxygens (including phenoxy) is 1. The number of rotatable bonds is 4. The third-order valence-electron chi connectivity index (χ3n) is 3.19. The lowest BCUT2D eigenvalue weighted by Gasteiger charge is -2.17. The van der Waals surface area contributed by atoms with Gasteiger partial charge in [0.05, 0.1) is 18.1 Å². The van der Waals surface area contributed by atoms with Crippen LogP contribution in [0.3, 0.4) is 0 Å². The van der Waals surface area contributed by atoms with Crippen molar-refractivity contribution in [3.63, 3.8) is 0 Å². The Bertz CT molecular complexity index is 736. The number of H-pyrrole nitrogens is 1. The van der Waals surface area contributed by atoms with Crippen LogP contribution in [0.4, 0.5) is 4.39 Å². The molecular weight excluding hydrogens is 293 g/mol. The first kappa shape index (κ1) is 15.5. The molecule has 114 valence electrons. The van der Waals surface area contributed by atoms with Crippen LogP contribution < -0.4 is 10.1 Å². The first-order chi connectivity index (χ1) is 9.85. The minimum absolute atomic E-state index is 0.0336.